The highest BCUT2D eigenvalue weighted by Gasteiger charge is 2.64. The first-order valence-corrected chi connectivity index (χ1v) is 15.1. The molecule has 0 aliphatic heterocycles. The molecule has 202 valence electrons. The van der Waals surface area contributed by atoms with Crippen LogP contribution in [0.15, 0.2) is 6.20 Å². The Morgan fingerprint density at radius 1 is 1.14 bits per heavy atom. The molecule has 3 N–H and O–H groups in total. The number of ether oxygens (including phenoxy) is 1. The minimum atomic E-state index is -0.983. The summed E-state index contributed by atoms with van der Waals surface area (Å²) in [6.45, 7) is 10.1. The van der Waals surface area contributed by atoms with Crippen LogP contribution in [0.3, 0.4) is 0 Å². The zero-order valence-electron chi connectivity index (χ0n) is 22.4. The predicted molar refractivity (Wildman–Crippen MR) is 140 cm³/mol. The lowest BCUT2D eigenvalue weighted by molar-refractivity contribution is -0.203. The molecular formula is C29H45NO5S. The number of carboxylic acids is 1. The summed E-state index contributed by atoms with van der Waals surface area (Å²) in [5.74, 6) is 2.68. The molecule has 1 heterocycles. The maximum Gasteiger partial charge on any atom is 0.351 e. The van der Waals surface area contributed by atoms with Gasteiger partial charge in [-0.15, -0.1) is 0 Å². The standard InChI is InChI=1S/C29H45NO5S/c1-5-18-22-14-17(31)8-11-29(22,4)21-9-12-28(3)19(6-7-20(28)24(21)25(18)32)16(2)10-13-35-23-15-30-36-26(23)27(33)34/h15-22,24-25,31-32H,5-14H2,1-4H3,(H,33,34)/t16-,17-,18-,19-,20+,21+,22+,24+,25-,28-,29-/m1/s1. The van der Waals surface area contributed by atoms with Crippen LogP contribution in [0.2, 0.25) is 0 Å². The van der Waals surface area contributed by atoms with E-state index < -0.39 is 5.97 Å². The molecule has 7 heteroatoms. The first-order chi connectivity index (χ1) is 17.1. The van der Waals surface area contributed by atoms with Crippen LogP contribution in [0, 0.1) is 52.3 Å². The molecule has 6 nitrogen and oxygen atoms in total. The maximum atomic E-state index is 11.9. The van der Waals surface area contributed by atoms with Gasteiger partial charge < -0.3 is 20.1 Å². The molecule has 11 atom stereocenters. The van der Waals surface area contributed by atoms with Crippen molar-refractivity contribution in [1.82, 2.24) is 4.37 Å². The number of carboxylic acid groups (broad SMARTS) is 1. The summed E-state index contributed by atoms with van der Waals surface area (Å²) >= 11 is 0.964. The van der Waals surface area contributed by atoms with E-state index in [0.717, 1.165) is 43.6 Å². The largest absolute Gasteiger partial charge is 0.490 e. The second kappa shape index (κ2) is 9.85. The van der Waals surface area contributed by atoms with Crippen molar-refractivity contribution in [2.75, 3.05) is 6.61 Å². The highest BCUT2D eigenvalue weighted by Crippen LogP contribution is 2.69. The topological polar surface area (TPSA) is 99.9 Å². The van der Waals surface area contributed by atoms with Crippen LogP contribution < -0.4 is 4.74 Å². The monoisotopic (exact) mass is 519 g/mol. The Bertz CT molecular complexity index is 952. The van der Waals surface area contributed by atoms with Crippen molar-refractivity contribution in [2.45, 2.75) is 97.7 Å². The van der Waals surface area contributed by atoms with Crippen molar-refractivity contribution in [3.63, 3.8) is 0 Å². The Balaban J connectivity index is 1.30. The molecule has 1 aromatic rings. The molecule has 5 rings (SSSR count). The maximum absolute atomic E-state index is 11.9. The molecule has 4 fully saturated rings. The summed E-state index contributed by atoms with van der Waals surface area (Å²) in [6.07, 6.45) is 10.6. The first kappa shape index (κ1) is 26.4. The Morgan fingerprint density at radius 3 is 2.58 bits per heavy atom. The van der Waals surface area contributed by atoms with E-state index in [-0.39, 0.29) is 27.9 Å². The normalized spacial score (nSPS) is 44.8. The van der Waals surface area contributed by atoms with Crippen molar-refractivity contribution < 1.29 is 24.9 Å². The number of hydrogen-bond donors (Lipinski definition) is 3. The van der Waals surface area contributed by atoms with Crippen molar-refractivity contribution in [2.24, 2.45) is 52.3 Å². The molecule has 0 saturated heterocycles. The third kappa shape index (κ3) is 4.12. The first-order valence-electron chi connectivity index (χ1n) is 14.3. The van der Waals surface area contributed by atoms with Gasteiger partial charge in [0.15, 0.2) is 10.6 Å². The van der Waals surface area contributed by atoms with Gasteiger partial charge in [0.05, 0.1) is 25.0 Å². The van der Waals surface area contributed by atoms with Crippen LogP contribution >= 0.6 is 11.5 Å². The summed E-state index contributed by atoms with van der Waals surface area (Å²) in [5.41, 5.74) is 0.465. The number of aromatic nitrogens is 1. The van der Waals surface area contributed by atoms with Gasteiger partial charge in [-0.1, -0.05) is 34.1 Å². The summed E-state index contributed by atoms with van der Waals surface area (Å²) in [6, 6.07) is 0. The lowest BCUT2D eigenvalue weighted by atomic mass is 9.41. The molecule has 0 amide bonds. The minimum absolute atomic E-state index is 0.174. The van der Waals surface area contributed by atoms with Crippen LogP contribution in [0.1, 0.15) is 95.2 Å². The Kier molecular flexibility index (Phi) is 7.23. The van der Waals surface area contributed by atoms with Crippen molar-refractivity contribution in [3.05, 3.63) is 11.1 Å². The molecular weight excluding hydrogens is 474 g/mol. The third-order valence-corrected chi connectivity index (χ3v) is 12.5. The summed E-state index contributed by atoms with van der Waals surface area (Å²) < 4.78 is 9.84. The molecule has 1 aromatic heterocycles. The van der Waals surface area contributed by atoms with Gasteiger partial charge in [0.25, 0.3) is 0 Å². The lowest BCUT2D eigenvalue weighted by Gasteiger charge is -2.64. The average Bonchev–Trinajstić information content (AvgIpc) is 3.44. The predicted octanol–water partition coefficient (Wildman–Crippen LogP) is 5.87. The minimum Gasteiger partial charge on any atom is -0.490 e. The fourth-order valence-corrected chi connectivity index (χ4v) is 10.5. The lowest BCUT2D eigenvalue weighted by Crippen LogP contribution is -2.62. The quantitative estimate of drug-likeness (QED) is 0.416. The number of aliphatic hydroxyl groups is 2. The van der Waals surface area contributed by atoms with Gasteiger partial charge in [-0.05, 0) is 115 Å². The summed E-state index contributed by atoms with van der Waals surface area (Å²) in [7, 11) is 0. The van der Waals surface area contributed by atoms with E-state index in [1.165, 1.54) is 31.9 Å². The smallest absolute Gasteiger partial charge is 0.351 e. The number of aliphatic hydroxyl groups excluding tert-OH is 2. The van der Waals surface area contributed by atoms with Gasteiger partial charge >= 0.3 is 5.97 Å². The van der Waals surface area contributed by atoms with Gasteiger partial charge in [-0.25, -0.2) is 4.79 Å². The van der Waals surface area contributed by atoms with E-state index in [2.05, 4.69) is 32.1 Å². The SMILES string of the molecule is CC[C@H]1[C@@H](O)[C@@H]2[C@H](CC[C@]3(C)[C@@H]([C@H](C)CCOc4cnsc4C(=O)O)CC[C@@H]23)[C@@]2(C)CC[C@@H](O)C[C@@H]12. The zero-order chi connectivity index (χ0) is 25.8. The zero-order valence-corrected chi connectivity index (χ0v) is 23.2. The van der Waals surface area contributed by atoms with E-state index in [0.29, 0.717) is 53.8 Å². The summed E-state index contributed by atoms with van der Waals surface area (Å²) in [5, 5.41) is 31.7. The molecule has 0 bridgehead atoms. The average molecular weight is 520 g/mol. The molecule has 4 saturated carbocycles. The van der Waals surface area contributed by atoms with Crippen molar-refractivity contribution in [3.8, 4) is 5.75 Å². The molecule has 0 aromatic carbocycles. The Hall–Kier alpha value is -1.18. The van der Waals surface area contributed by atoms with Gasteiger partial charge in [-0.3, -0.25) is 0 Å². The van der Waals surface area contributed by atoms with Gasteiger partial charge in [0, 0.05) is 0 Å². The van der Waals surface area contributed by atoms with Crippen LogP contribution in [0.4, 0.5) is 0 Å². The van der Waals surface area contributed by atoms with E-state index in [1.54, 1.807) is 0 Å². The van der Waals surface area contributed by atoms with Gasteiger partial charge in [0.2, 0.25) is 0 Å². The molecule has 4 aliphatic rings. The number of nitrogens with zero attached hydrogens (tertiary/aromatic N) is 1. The Labute approximate surface area is 220 Å². The highest BCUT2D eigenvalue weighted by atomic mass is 32.1. The second-order valence-corrected chi connectivity index (χ2v) is 13.9. The molecule has 0 unspecified atom stereocenters. The van der Waals surface area contributed by atoms with E-state index in [1.807, 2.05) is 0 Å². The number of aromatic carboxylic acids is 1. The van der Waals surface area contributed by atoms with Crippen molar-refractivity contribution >= 4 is 17.5 Å². The van der Waals surface area contributed by atoms with Crippen molar-refractivity contribution in [1.29, 1.82) is 0 Å². The van der Waals surface area contributed by atoms with Gasteiger partial charge in [-0.2, -0.15) is 4.37 Å². The molecule has 0 spiro atoms. The van der Waals surface area contributed by atoms with Crippen LogP contribution in [0.5, 0.6) is 5.75 Å². The number of carbonyl (C=O) groups is 1. The van der Waals surface area contributed by atoms with Crippen LogP contribution in [0.25, 0.3) is 0 Å². The second-order valence-electron chi connectivity index (χ2n) is 13.1. The number of hydrogen-bond acceptors (Lipinski definition) is 6. The molecule has 0 radical (unpaired) electrons. The van der Waals surface area contributed by atoms with E-state index in [9.17, 15) is 20.1 Å². The number of fused-ring (bicyclic) bond motifs is 5. The number of rotatable bonds is 7. The van der Waals surface area contributed by atoms with E-state index >= 15 is 0 Å². The molecule has 36 heavy (non-hydrogen) atoms. The van der Waals surface area contributed by atoms with Crippen LogP contribution in [-0.4, -0.2) is 44.5 Å². The highest BCUT2D eigenvalue weighted by molar-refractivity contribution is 7.08. The summed E-state index contributed by atoms with van der Waals surface area (Å²) in [4.78, 5) is 11.5. The molecule has 4 aliphatic carbocycles. The van der Waals surface area contributed by atoms with Crippen LogP contribution in [-0.2, 0) is 0 Å². The van der Waals surface area contributed by atoms with E-state index in [4.69, 9.17) is 4.74 Å². The Morgan fingerprint density at radius 2 is 1.86 bits per heavy atom. The fraction of sp³-hybridized carbons (Fsp3) is 0.862. The fourth-order valence-electron chi connectivity index (χ4n) is 9.97. The van der Waals surface area contributed by atoms with Gasteiger partial charge in [0.1, 0.15) is 0 Å². The third-order valence-electron chi connectivity index (χ3n) is 11.7.